The molecule has 12 nitrogen and oxygen atoms in total. The Hall–Kier alpha value is -2.80. The minimum atomic E-state index is -5.31. The predicted molar refractivity (Wildman–Crippen MR) is 155 cm³/mol. The van der Waals surface area contributed by atoms with E-state index >= 15 is 0 Å². The largest absolute Gasteiger partial charge is 0.573 e. The van der Waals surface area contributed by atoms with Crippen LogP contribution in [0, 0.1) is 0 Å². The monoisotopic (exact) mass is 668 g/mol. The molecule has 2 aromatic rings. The number of rotatable bonds is 15. The van der Waals surface area contributed by atoms with Crippen molar-refractivity contribution >= 4 is 42.0 Å². The molecule has 1 amide bonds. The summed E-state index contributed by atoms with van der Waals surface area (Å²) in [6, 6.07) is 5.93. The molecule has 0 aliphatic carbocycles. The molecule has 43 heavy (non-hydrogen) atoms. The summed E-state index contributed by atoms with van der Waals surface area (Å²) in [5, 5.41) is 2.32. The zero-order valence-corrected chi connectivity index (χ0v) is 27.5. The summed E-state index contributed by atoms with van der Waals surface area (Å²) in [6.45, 7) is 11.8. The first-order valence-electron chi connectivity index (χ1n) is 12.9. The average Bonchev–Trinajstić information content (AvgIpc) is 2.81. The van der Waals surface area contributed by atoms with Gasteiger partial charge < -0.3 is 23.5 Å². The van der Waals surface area contributed by atoms with Gasteiger partial charge in [0.2, 0.25) is 0 Å². The molecule has 0 fully saturated rings. The fraction of sp³-hybridized carbons (Fsp3) is 0.480. The van der Waals surface area contributed by atoms with Crippen LogP contribution in [0.3, 0.4) is 0 Å². The predicted octanol–water partition coefficient (Wildman–Crippen LogP) is 6.33. The number of alkyl halides is 3. The Labute approximate surface area is 249 Å². The Morgan fingerprint density at radius 1 is 1.02 bits per heavy atom. The number of hydrogen-bond donors (Lipinski definition) is 3. The van der Waals surface area contributed by atoms with Crippen molar-refractivity contribution in [1.29, 1.82) is 0 Å². The average molecular weight is 669 g/mol. The van der Waals surface area contributed by atoms with Crippen LogP contribution in [0.5, 0.6) is 11.5 Å². The highest BCUT2D eigenvalue weighted by atomic mass is 31.2. The quantitative estimate of drug-likeness (QED) is 0.0841. The first-order valence-corrected chi connectivity index (χ1v) is 21.9. The number of anilines is 1. The lowest BCUT2D eigenvalue weighted by atomic mass is 10.1. The van der Waals surface area contributed by atoms with Crippen LogP contribution in [0.25, 0.3) is 0 Å². The number of aldehydes is 1. The second-order valence-corrected chi connectivity index (χ2v) is 24.1. The first-order chi connectivity index (χ1) is 19.6. The molecule has 1 heterocycles. The lowest BCUT2D eigenvalue weighted by Gasteiger charge is -2.35. The molecule has 240 valence electrons. The molecule has 0 aliphatic heterocycles. The number of aromatic nitrogens is 1. The summed E-state index contributed by atoms with van der Waals surface area (Å²) in [4.78, 5) is 47.7. The maximum absolute atomic E-state index is 13.3. The van der Waals surface area contributed by atoms with Crippen molar-refractivity contribution in [2.75, 3.05) is 18.5 Å². The number of carbonyl (C=O) groups is 2. The number of phosphoric ester groups is 1. The van der Waals surface area contributed by atoms with Crippen molar-refractivity contribution in [2.45, 2.75) is 63.7 Å². The first kappa shape index (κ1) is 36.4. The van der Waals surface area contributed by atoms with Crippen molar-refractivity contribution in [2.24, 2.45) is 0 Å². The molecule has 0 saturated heterocycles. The number of ether oxygens (including phenoxy) is 4. The van der Waals surface area contributed by atoms with Gasteiger partial charge in [0.25, 0.3) is 0 Å². The molecule has 0 saturated carbocycles. The molecular formula is C25H36F3N2O10PSi2. The SMILES string of the molecule is C[Si](C)(C)CCOC(OCC[Si](C)(C)C)(OC(=O)Nc1cccnc1C=O)c1cc(OC(F)(F)F)ccc1OP(=O)(O)O. The molecule has 0 unspecified atom stereocenters. The molecule has 0 aliphatic rings. The number of benzene rings is 1. The fourth-order valence-electron chi connectivity index (χ4n) is 3.32. The lowest BCUT2D eigenvalue weighted by molar-refractivity contribution is -0.364. The maximum Gasteiger partial charge on any atom is 0.573 e. The van der Waals surface area contributed by atoms with E-state index in [1.807, 2.05) is 39.3 Å². The van der Waals surface area contributed by atoms with Crippen LogP contribution in [-0.4, -0.2) is 62.9 Å². The number of halogens is 3. The molecule has 1 aromatic carbocycles. The van der Waals surface area contributed by atoms with Gasteiger partial charge in [0, 0.05) is 22.3 Å². The van der Waals surface area contributed by atoms with Gasteiger partial charge in [-0.25, -0.2) is 9.36 Å². The Morgan fingerprint density at radius 3 is 2.09 bits per heavy atom. The second kappa shape index (κ2) is 14.3. The van der Waals surface area contributed by atoms with E-state index in [2.05, 4.69) is 15.0 Å². The standard InChI is InChI=1S/C25H36F3N2O10PSi2/c1-42(2,3)14-12-36-24(37-13-15-43(4,5)6,39-23(32)30-20-8-7-11-29-21(20)17-31)19-16-18(38-25(26,27)28)9-10-22(19)40-41(33,34)35/h7-11,16-17H,12-15H2,1-6H3,(H,30,32)(H2,33,34,35). The third-order valence-electron chi connectivity index (χ3n) is 5.43. The summed E-state index contributed by atoms with van der Waals surface area (Å²) in [7, 11) is -8.97. The fourth-order valence-corrected chi connectivity index (χ4v) is 5.17. The van der Waals surface area contributed by atoms with E-state index in [0.717, 1.165) is 12.1 Å². The van der Waals surface area contributed by atoms with E-state index in [1.54, 1.807) is 0 Å². The van der Waals surface area contributed by atoms with Crippen LogP contribution in [0.4, 0.5) is 23.7 Å². The van der Waals surface area contributed by atoms with Crippen LogP contribution >= 0.6 is 7.82 Å². The van der Waals surface area contributed by atoms with Gasteiger partial charge >= 0.3 is 26.3 Å². The van der Waals surface area contributed by atoms with Crippen molar-refractivity contribution in [3.05, 3.63) is 47.8 Å². The highest BCUT2D eigenvalue weighted by molar-refractivity contribution is 7.46. The van der Waals surface area contributed by atoms with Gasteiger partial charge in [0.05, 0.1) is 18.9 Å². The zero-order valence-electron chi connectivity index (χ0n) is 24.6. The Bertz CT molecular complexity index is 1290. The lowest BCUT2D eigenvalue weighted by Crippen LogP contribution is -2.42. The van der Waals surface area contributed by atoms with Crippen LogP contribution < -0.4 is 14.6 Å². The number of carbonyl (C=O) groups excluding carboxylic acids is 2. The zero-order chi connectivity index (χ0) is 32.7. The van der Waals surface area contributed by atoms with Gasteiger partial charge in [-0.05, 0) is 42.4 Å². The molecule has 0 radical (unpaired) electrons. The van der Waals surface area contributed by atoms with E-state index in [-0.39, 0.29) is 24.6 Å². The normalized spacial score (nSPS) is 12.9. The molecule has 2 rings (SSSR count). The minimum Gasteiger partial charge on any atom is -0.406 e. The number of amides is 1. The molecule has 0 atom stereocenters. The van der Waals surface area contributed by atoms with E-state index < -0.39 is 59.5 Å². The summed E-state index contributed by atoms with van der Waals surface area (Å²) in [6.07, 6.45) is -4.75. The smallest absolute Gasteiger partial charge is 0.406 e. The van der Waals surface area contributed by atoms with Gasteiger partial charge in [-0.2, -0.15) is 0 Å². The van der Waals surface area contributed by atoms with E-state index in [4.69, 9.17) is 18.7 Å². The molecule has 0 spiro atoms. The van der Waals surface area contributed by atoms with Gasteiger partial charge in [-0.1, -0.05) is 39.3 Å². The Balaban J connectivity index is 2.75. The number of nitrogens with one attached hydrogen (secondary N) is 1. The van der Waals surface area contributed by atoms with Crippen molar-refractivity contribution in [3.63, 3.8) is 0 Å². The van der Waals surface area contributed by atoms with Crippen molar-refractivity contribution < 1.29 is 60.6 Å². The number of pyridine rings is 1. The minimum absolute atomic E-state index is 0.0681. The van der Waals surface area contributed by atoms with Crippen LogP contribution in [0.15, 0.2) is 36.5 Å². The van der Waals surface area contributed by atoms with E-state index in [9.17, 15) is 37.1 Å². The van der Waals surface area contributed by atoms with E-state index in [0.29, 0.717) is 24.4 Å². The maximum atomic E-state index is 13.3. The van der Waals surface area contributed by atoms with Crippen molar-refractivity contribution in [3.8, 4) is 11.5 Å². The summed E-state index contributed by atoms with van der Waals surface area (Å²) >= 11 is 0. The van der Waals surface area contributed by atoms with E-state index in [1.165, 1.54) is 18.3 Å². The summed E-state index contributed by atoms with van der Waals surface area (Å²) in [5.41, 5.74) is -0.849. The summed E-state index contributed by atoms with van der Waals surface area (Å²) < 4.78 is 77.8. The van der Waals surface area contributed by atoms with Crippen LogP contribution in [-0.2, 0) is 24.7 Å². The highest BCUT2D eigenvalue weighted by Gasteiger charge is 2.45. The third kappa shape index (κ3) is 13.2. The van der Waals surface area contributed by atoms with Gasteiger partial charge in [0.1, 0.15) is 22.8 Å². The van der Waals surface area contributed by atoms with Crippen molar-refractivity contribution in [1.82, 2.24) is 4.98 Å². The van der Waals surface area contributed by atoms with Crippen LogP contribution in [0.1, 0.15) is 16.1 Å². The van der Waals surface area contributed by atoms with Gasteiger partial charge in [-0.15, -0.1) is 13.2 Å². The van der Waals surface area contributed by atoms with Gasteiger partial charge in [-0.3, -0.25) is 24.9 Å². The number of nitrogens with zero attached hydrogens (tertiary/aromatic N) is 1. The Morgan fingerprint density at radius 2 is 1.60 bits per heavy atom. The van der Waals surface area contributed by atoms with Crippen LogP contribution in [0.2, 0.25) is 51.4 Å². The molecular weight excluding hydrogens is 632 g/mol. The molecule has 18 heteroatoms. The topological polar surface area (TPSA) is 163 Å². The molecule has 1 aromatic heterocycles. The highest BCUT2D eigenvalue weighted by Crippen LogP contribution is 2.46. The second-order valence-electron chi connectivity index (χ2n) is 11.7. The summed E-state index contributed by atoms with van der Waals surface area (Å²) in [5.74, 6) is -4.23. The number of hydrogen-bond acceptors (Lipinski definition) is 9. The molecule has 0 bridgehead atoms. The third-order valence-corrected chi connectivity index (χ3v) is 9.28. The molecule has 3 N–H and O–H groups in total. The van der Waals surface area contributed by atoms with Gasteiger partial charge in [0.15, 0.2) is 6.29 Å². The number of phosphoric acid groups is 1. The Kier molecular flexibility index (Phi) is 12.1.